The minimum Gasteiger partial charge on any atom is -0.490 e. The van der Waals surface area contributed by atoms with Crippen molar-refractivity contribution >= 4 is 35.3 Å². The Hall–Kier alpha value is -4.66. The number of anilines is 2. The van der Waals surface area contributed by atoms with E-state index in [1.807, 2.05) is 52.0 Å². The van der Waals surface area contributed by atoms with Crippen molar-refractivity contribution < 1.29 is 23.9 Å². The second-order valence-corrected chi connectivity index (χ2v) is 8.30. The smallest absolute Gasteiger partial charge is 0.329 e. The summed E-state index contributed by atoms with van der Waals surface area (Å²) in [6, 6.07) is 17.8. The topological polar surface area (TPSA) is 118 Å². The summed E-state index contributed by atoms with van der Waals surface area (Å²) in [5, 5.41) is 9.17. The number of hydrogen-bond acceptors (Lipinski definition) is 6. The van der Waals surface area contributed by atoms with Crippen molar-refractivity contribution in [2.24, 2.45) is 5.10 Å². The molecule has 0 heterocycles. The average Bonchev–Trinajstić information content (AvgIpc) is 2.86. The first-order valence-electron chi connectivity index (χ1n) is 11.7. The molecule has 37 heavy (non-hydrogen) atoms. The number of nitrogens with one attached hydrogen (secondary N) is 3. The summed E-state index contributed by atoms with van der Waals surface area (Å²) in [6.45, 7) is 7.82. The SMILES string of the molecule is CCOc1cc(/C=N\NC(=O)C(=O)Nc2ccc(C)c(C)c2)ccc1OCC(=O)Nc1cccc(C)c1. The molecule has 0 saturated heterocycles. The second kappa shape index (κ2) is 12.9. The molecular formula is C28H30N4O5. The van der Waals surface area contributed by atoms with Crippen molar-refractivity contribution in [2.45, 2.75) is 27.7 Å². The number of amides is 3. The largest absolute Gasteiger partial charge is 0.490 e. The van der Waals surface area contributed by atoms with Gasteiger partial charge in [0.05, 0.1) is 12.8 Å². The summed E-state index contributed by atoms with van der Waals surface area (Å²) in [5.74, 6) is -1.24. The van der Waals surface area contributed by atoms with Crippen LogP contribution < -0.4 is 25.5 Å². The van der Waals surface area contributed by atoms with Gasteiger partial charge in [0.2, 0.25) is 0 Å². The Kier molecular flexibility index (Phi) is 9.37. The Balaban J connectivity index is 1.56. The van der Waals surface area contributed by atoms with Crippen LogP contribution in [0.25, 0.3) is 0 Å². The van der Waals surface area contributed by atoms with Crippen LogP contribution in [-0.2, 0) is 14.4 Å². The molecule has 0 bridgehead atoms. The molecule has 9 heteroatoms. The lowest BCUT2D eigenvalue weighted by atomic mass is 10.1. The van der Waals surface area contributed by atoms with E-state index in [4.69, 9.17) is 9.47 Å². The van der Waals surface area contributed by atoms with E-state index in [-0.39, 0.29) is 12.5 Å². The second-order valence-electron chi connectivity index (χ2n) is 8.30. The van der Waals surface area contributed by atoms with Crippen LogP contribution in [0.1, 0.15) is 29.2 Å². The molecule has 0 aromatic heterocycles. The van der Waals surface area contributed by atoms with E-state index < -0.39 is 11.8 Å². The van der Waals surface area contributed by atoms with Crippen molar-refractivity contribution in [3.8, 4) is 11.5 Å². The van der Waals surface area contributed by atoms with Gasteiger partial charge in [-0.2, -0.15) is 5.10 Å². The van der Waals surface area contributed by atoms with Gasteiger partial charge in [0.25, 0.3) is 5.91 Å². The maximum Gasteiger partial charge on any atom is 0.329 e. The summed E-state index contributed by atoms with van der Waals surface area (Å²) in [7, 11) is 0. The highest BCUT2D eigenvalue weighted by Gasteiger charge is 2.13. The van der Waals surface area contributed by atoms with Gasteiger partial charge >= 0.3 is 11.8 Å². The fraction of sp³-hybridized carbons (Fsp3) is 0.214. The first-order valence-corrected chi connectivity index (χ1v) is 11.7. The summed E-state index contributed by atoms with van der Waals surface area (Å²) in [4.78, 5) is 36.5. The number of nitrogens with zero attached hydrogens (tertiary/aromatic N) is 1. The number of rotatable bonds is 9. The van der Waals surface area contributed by atoms with Crippen molar-refractivity contribution in [1.29, 1.82) is 0 Å². The number of hydrazone groups is 1. The third-order valence-electron chi connectivity index (χ3n) is 5.28. The highest BCUT2D eigenvalue weighted by atomic mass is 16.5. The third kappa shape index (κ3) is 8.21. The maximum atomic E-state index is 12.3. The molecule has 0 aliphatic rings. The number of ether oxygens (including phenoxy) is 2. The molecule has 0 spiro atoms. The van der Waals surface area contributed by atoms with E-state index in [2.05, 4.69) is 21.2 Å². The molecule has 3 aromatic carbocycles. The molecule has 9 nitrogen and oxygen atoms in total. The van der Waals surface area contributed by atoms with Crippen LogP contribution in [0.15, 0.2) is 65.8 Å². The standard InChI is InChI=1S/C28H30N4O5/c1-5-36-25-15-21(10-12-24(25)37-17-26(33)30-22-8-6-7-18(2)13-22)16-29-32-28(35)27(34)31-23-11-9-19(3)20(4)14-23/h6-16H,5,17H2,1-4H3,(H,30,33)(H,31,34)(H,32,35)/b29-16-. The predicted molar refractivity (Wildman–Crippen MR) is 143 cm³/mol. The first-order chi connectivity index (χ1) is 17.7. The van der Waals surface area contributed by atoms with Gasteiger partial charge in [0.15, 0.2) is 18.1 Å². The Labute approximate surface area is 215 Å². The molecule has 3 N–H and O–H groups in total. The number of aryl methyl sites for hydroxylation is 3. The van der Waals surface area contributed by atoms with Gasteiger partial charge in [-0.05, 0) is 92.4 Å². The molecule has 192 valence electrons. The molecule has 0 saturated carbocycles. The predicted octanol–water partition coefficient (Wildman–Crippen LogP) is 4.12. The minimum absolute atomic E-state index is 0.201. The summed E-state index contributed by atoms with van der Waals surface area (Å²) in [5.41, 5.74) is 7.13. The van der Waals surface area contributed by atoms with Gasteiger partial charge < -0.3 is 20.1 Å². The molecule has 0 fully saturated rings. The van der Waals surface area contributed by atoms with Crippen LogP contribution >= 0.6 is 0 Å². The van der Waals surface area contributed by atoms with E-state index in [1.54, 1.807) is 36.4 Å². The highest BCUT2D eigenvalue weighted by molar-refractivity contribution is 6.39. The van der Waals surface area contributed by atoms with Gasteiger partial charge in [0.1, 0.15) is 0 Å². The van der Waals surface area contributed by atoms with E-state index in [0.29, 0.717) is 35.0 Å². The van der Waals surface area contributed by atoms with Crippen LogP contribution in [0.3, 0.4) is 0 Å². The molecule has 3 aromatic rings. The van der Waals surface area contributed by atoms with Gasteiger partial charge in [0, 0.05) is 11.4 Å². The van der Waals surface area contributed by atoms with Crippen LogP contribution in [0.4, 0.5) is 11.4 Å². The molecule has 0 aliphatic carbocycles. The maximum absolute atomic E-state index is 12.3. The normalized spacial score (nSPS) is 10.6. The summed E-state index contributed by atoms with van der Waals surface area (Å²) >= 11 is 0. The van der Waals surface area contributed by atoms with Crippen molar-refractivity contribution in [3.05, 3.63) is 82.9 Å². The number of carbonyl (C=O) groups is 3. The van der Waals surface area contributed by atoms with Gasteiger partial charge in [-0.15, -0.1) is 0 Å². The van der Waals surface area contributed by atoms with Gasteiger partial charge in [-0.25, -0.2) is 5.43 Å². The van der Waals surface area contributed by atoms with Crippen molar-refractivity contribution in [1.82, 2.24) is 5.43 Å². The molecule has 0 atom stereocenters. The lowest BCUT2D eigenvalue weighted by molar-refractivity contribution is -0.136. The Morgan fingerprint density at radius 3 is 2.32 bits per heavy atom. The molecule has 3 rings (SSSR count). The summed E-state index contributed by atoms with van der Waals surface area (Å²) < 4.78 is 11.3. The fourth-order valence-corrected chi connectivity index (χ4v) is 3.28. The lowest BCUT2D eigenvalue weighted by Gasteiger charge is -2.13. The number of carbonyl (C=O) groups excluding carboxylic acids is 3. The van der Waals surface area contributed by atoms with E-state index >= 15 is 0 Å². The molecule has 0 unspecified atom stereocenters. The van der Waals surface area contributed by atoms with E-state index in [0.717, 1.165) is 16.7 Å². The van der Waals surface area contributed by atoms with Gasteiger partial charge in [-0.1, -0.05) is 18.2 Å². The van der Waals surface area contributed by atoms with Crippen molar-refractivity contribution in [3.63, 3.8) is 0 Å². The molecule has 3 amide bonds. The van der Waals surface area contributed by atoms with E-state index in [1.165, 1.54) is 6.21 Å². The zero-order valence-corrected chi connectivity index (χ0v) is 21.3. The van der Waals surface area contributed by atoms with Crippen LogP contribution in [-0.4, -0.2) is 37.1 Å². The van der Waals surface area contributed by atoms with Crippen LogP contribution in [0.2, 0.25) is 0 Å². The lowest BCUT2D eigenvalue weighted by Crippen LogP contribution is -2.32. The average molecular weight is 503 g/mol. The van der Waals surface area contributed by atoms with Crippen LogP contribution in [0, 0.1) is 20.8 Å². The zero-order valence-electron chi connectivity index (χ0n) is 21.3. The number of hydrogen-bond donors (Lipinski definition) is 3. The highest BCUT2D eigenvalue weighted by Crippen LogP contribution is 2.28. The number of benzene rings is 3. The molecular weight excluding hydrogens is 472 g/mol. The molecule has 0 radical (unpaired) electrons. The minimum atomic E-state index is -0.904. The quantitative estimate of drug-likeness (QED) is 0.231. The van der Waals surface area contributed by atoms with Crippen molar-refractivity contribution in [2.75, 3.05) is 23.8 Å². The molecule has 0 aliphatic heterocycles. The monoisotopic (exact) mass is 502 g/mol. The Morgan fingerprint density at radius 1 is 0.811 bits per heavy atom. The zero-order chi connectivity index (χ0) is 26.8. The van der Waals surface area contributed by atoms with Gasteiger partial charge in [-0.3, -0.25) is 14.4 Å². The Morgan fingerprint density at radius 2 is 1.59 bits per heavy atom. The Bertz CT molecular complexity index is 1320. The fourth-order valence-electron chi connectivity index (χ4n) is 3.28. The first kappa shape index (κ1) is 26.9. The van der Waals surface area contributed by atoms with E-state index in [9.17, 15) is 14.4 Å². The van der Waals surface area contributed by atoms with Crippen LogP contribution in [0.5, 0.6) is 11.5 Å². The summed E-state index contributed by atoms with van der Waals surface area (Å²) in [6.07, 6.45) is 1.37. The third-order valence-corrected chi connectivity index (χ3v) is 5.28.